The van der Waals surface area contributed by atoms with E-state index in [1.165, 1.54) is 5.69 Å². The van der Waals surface area contributed by atoms with Gasteiger partial charge in [-0.2, -0.15) is 0 Å². The smallest absolute Gasteiger partial charge is 0.123 e. The van der Waals surface area contributed by atoms with Crippen LogP contribution in [0.2, 0.25) is 0 Å². The molecule has 0 aromatic heterocycles. The van der Waals surface area contributed by atoms with Gasteiger partial charge >= 0.3 is 0 Å². The van der Waals surface area contributed by atoms with E-state index in [2.05, 4.69) is 24.8 Å². The molecule has 0 amide bonds. The van der Waals surface area contributed by atoms with Crippen LogP contribution in [0.25, 0.3) is 10.8 Å². The molecule has 2 aromatic rings. The van der Waals surface area contributed by atoms with Gasteiger partial charge in [0, 0.05) is 29.5 Å². The Morgan fingerprint density at radius 1 is 0.938 bits per heavy atom. The van der Waals surface area contributed by atoms with E-state index in [0.717, 1.165) is 23.9 Å². The average Bonchev–Trinajstić information content (AvgIpc) is 2.34. The maximum absolute atomic E-state index is 9.80. The largest absolute Gasteiger partial charge is 0.507 e. The van der Waals surface area contributed by atoms with Gasteiger partial charge in [0.1, 0.15) is 5.75 Å². The van der Waals surface area contributed by atoms with Gasteiger partial charge in [-0.25, -0.2) is 0 Å². The number of benzene rings is 2. The van der Waals surface area contributed by atoms with Crippen LogP contribution in [0.5, 0.6) is 5.75 Å². The standard InChI is InChI=1S/C14H17NO/c1-3-15(4-2)13-9-10-14(16)12-8-6-5-7-11(12)13/h5-10,16H,3-4H2,1-2H3. The molecule has 2 heteroatoms. The number of phenolic OH excluding ortho intramolecular Hbond substituents is 1. The molecule has 2 nitrogen and oxygen atoms in total. The molecule has 0 atom stereocenters. The normalized spacial score (nSPS) is 10.6. The van der Waals surface area contributed by atoms with Crippen molar-refractivity contribution in [2.24, 2.45) is 0 Å². The fraction of sp³-hybridized carbons (Fsp3) is 0.286. The molecule has 0 aliphatic carbocycles. The summed E-state index contributed by atoms with van der Waals surface area (Å²) in [6, 6.07) is 11.7. The van der Waals surface area contributed by atoms with Gasteiger partial charge in [-0.3, -0.25) is 0 Å². The minimum atomic E-state index is 0.353. The van der Waals surface area contributed by atoms with E-state index in [4.69, 9.17) is 0 Å². The Hall–Kier alpha value is -1.70. The van der Waals surface area contributed by atoms with E-state index >= 15 is 0 Å². The van der Waals surface area contributed by atoms with Crippen molar-refractivity contribution in [2.45, 2.75) is 13.8 Å². The monoisotopic (exact) mass is 215 g/mol. The van der Waals surface area contributed by atoms with E-state index < -0.39 is 0 Å². The first-order valence-corrected chi connectivity index (χ1v) is 5.73. The molecule has 2 rings (SSSR count). The van der Waals surface area contributed by atoms with Crippen LogP contribution >= 0.6 is 0 Å². The summed E-state index contributed by atoms with van der Waals surface area (Å²) in [5.74, 6) is 0.353. The third-order valence-electron chi connectivity index (χ3n) is 2.98. The zero-order chi connectivity index (χ0) is 11.5. The Balaban J connectivity index is 2.66. The summed E-state index contributed by atoms with van der Waals surface area (Å²) >= 11 is 0. The van der Waals surface area contributed by atoms with Gasteiger partial charge in [-0.1, -0.05) is 24.3 Å². The molecule has 84 valence electrons. The average molecular weight is 215 g/mol. The summed E-state index contributed by atoms with van der Waals surface area (Å²) in [5.41, 5.74) is 1.19. The molecule has 0 unspecified atom stereocenters. The highest BCUT2D eigenvalue weighted by atomic mass is 16.3. The maximum atomic E-state index is 9.80. The Morgan fingerprint density at radius 3 is 2.19 bits per heavy atom. The van der Waals surface area contributed by atoms with Crippen LogP contribution < -0.4 is 4.90 Å². The molecule has 2 aromatic carbocycles. The lowest BCUT2D eigenvalue weighted by Crippen LogP contribution is -2.21. The van der Waals surface area contributed by atoms with Crippen LogP contribution in [-0.4, -0.2) is 18.2 Å². The van der Waals surface area contributed by atoms with Crippen LogP contribution in [0.3, 0.4) is 0 Å². The SMILES string of the molecule is CCN(CC)c1ccc(O)c2ccccc12. The van der Waals surface area contributed by atoms with E-state index in [9.17, 15) is 5.11 Å². The molecule has 0 saturated carbocycles. The summed E-state index contributed by atoms with van der Waals surface area (Å²) in [6.07, 6.45) is 0. The van der Waals surface area contributed by atoms with Crippen molar-refractivity contribution >= 4 is 16.5 Å². The molecule has 0 heterocycles. The molecule has 0 saturated heterocycles. The van der Waals surface area contributed by atoms with E-state index in [1.54, 1.807) is 6.07 Å². The first-order valence-electron chi connectivity index (χ1n) is 5.73. The minimum absolute atomic E-state index is 0.353. The first-order chi connectivity index (χ1) is 7.77. The topological polar surface area (TPSA) is 23.5 Å². The molecule has 0 fully saturated rings. The van der Waals surface area contributed by atoms with Crippen molar-refractivity contribution in [1.82, 2.24) is 0 Å². The predicted octanol–water partition coefficient (Wildman–Crippen LogP) is 3.39. The van der Waals surface area contributed by atoms with Crippen LogP contribution in [0.1, 0.15) is 13.8 Å². The van der Waals surface area contributed by atoms with Gasteiger partial charge in [0.25, 0.3) is 0 Å². The molecule has 0 radical (unpaired) electrons. The highest BCUT2D eigenvalue weighted by molar-refractivity contribution is 5.98. The highest BCUT2D eigenvalue weighted by Gasteiger charge is 2.08. The Labute approximate surface area is 96.1 Å². The fourth-order valence-electron chi connectivity index (χ4n) is 2.11. The molecular formula is C14H17NO. The summed E-state index contributed by atoms with van der Waals surface area (Å²) in [6.45, 7) is 6.24. The van der Waals surface area contributed by atoms with Crippen molar-refractivity contribution in [3.8, 4) is 5.75 Å². The van der Waals surface area contributed by atoms with Crippen molar-refractivity contribution in [2.75, 3.05) is 18.0 Å². The van der Waals surface area contributed by atoms with Crippen molar-refractivity contribution in [3.63, 3.8) is 0 Å². The van der Waals surface area contributed by atoms with Gasteiger partial charge in [-0.15, -0.1) is 0 Å². The quantitative estimate of drug-likeness (QED) is 0.848. The second-order valence-corrected chi connectivity index (χ2v) is 3.82. The molecule has 0 bridgehead atoms. The van der Waals surface area contributed by atoms with E-state index in [-0.39, 0.29) is 0 Å². The van der Waals surface area contributed by atoms with E-state index in [0.29, 0.717) is 5.75 Å². The number of hydrogen-bond acceptors (Lipinski definition) is 2. The molecule has 1 N–H and O–H groups in total. The highest BCUT2D eigenvalue weighted by Crippen LogP contribution is 2.32. The number of phenols is 1. The molecule has 0 aliphatic heterocycles. The summed E-state index contributed by atoms with van der Waals surface area (Å²) in [5, 5.41) is 11.8. The number of fused-ring (bicyclic) bond motifs is 1. The first kappa shape index (κ1) is 10.8. The number of hydrogen-bond donors (Lipinski definition) is 1. The van der Waals surface area contributed by atoms with Gasteiger partial charge < -0.3 is 10.0 Å². The lowest BCUT2D eigenvalue weighted by Gasteiger charge is -2.23. The van der Waals surface area contributed by atoms with Crippen molar-refractivity contribution < 1.29 is 5.11 Å². The van der Waals surface area contributed by atoms with Crippen LogP contribution in [-0.2, 0) is 0 Å². The van der Waals surface area contributed by atoms with Crippen LogP contribution in [0.4, 0.5) is 5.69 Å². The van der Waals surface area contributed by atoms with E-state index in [1.807, 2.05) is 24.3 Å². The number of rotatable bonds is 3. The zero-order valence-corrected chi connectivity index (χ0v) is 9.77. The summed E-state index contributed by atoms with van der Waals surface area (Å²) < 4.78 is 0. The second kappa shape index (κ2) is 4.44. The number of aromatic hydroxyl groups is 1. The number of nitrogens with zero attached hydrogens (tertiary/aromatic N) is 1. The fourth-order valence-corrected chi connectivity index (χ4v) is 2.11. The lowest BCUT2D eigenvalue weighted by molar-refractivity contribution is 0.481. The Bertz CT molecular complexity index is 489. The summed E-state index contributed by atoms with van der Waals surface area (Å²) in [7, 11) is 0. The lowest BCUT2D eigenvalue weighted by atomic mass is 10.1. The second-order valence-electron chi connectivity index (χ2n) is 3.82. The van der Waals surface area contributed by atoms with Crippen LogP contribution in [0.15, 0.2) is 36.4 Å². The third kappa shape index (κ3) is 1.71. The third-order valence-corrected chi connectivity index (χ3v) is 2.98. The summed E-state index contributed by atoms with van der Waals surface area (Å²) in [4.78, 5) is 2.29. The predicted molar refractivity (Wildman–Crippen MR) is 69.2 cm³/mol. The van der Waals surface area contributed by atoms with Crippen LogP contribution in [0, 0.1) is 0 Å². The molecule has 0 spiro atoms. The molecular weight excluding hydrogens is 198 g/mol. The van der Waals surface area contributed by atoms with Gasteiger partial charge in [0.15, 0.2) is 0 Å². The molecule has 0 aliphatic rings. The Kier molecular flexibility index (Phi) is 3.00. The van der Waals surface area contributed by atoms with Gasteiger partial charge in [-0.05, 0) is 26.0 Å². The number of anilines is 1. The Morgan fingerprint density at radius 2 is 1.56 bits per heavy atom. The minimum Gasteiger partial charge on any atom is -0.507 e. The zero-order valence-electron chi connectivity index (χ0n) is 9.77. The molecule has 16 heavy (non-hydrogen) atoms. The maximum Gasteiger partial charge on any atom is 0.123 e. The van der Waals surface area contributed by atoms with Gasteiger partial charge in [0.05, 0.1) is 0 Å². The van der Waals surface area contributed by atoms with Gasteiger partial charge in [0.2, 0.25) is 0 Å². The van der Waals surface area contributed by atoms with Crippen molar-refractivity contribution in [3.05, 3.63) is 36.4 Å². The van der Waals surface area contributed by atoms with Crippen molar-refractivity contribution in [1.29, 1.82) is 0 Å².